The second-order valence-electron chi connectivity index (χ2n) is 7.57. The van der Waals surface area contributed by atoms with Gasteiger partial charge < -0.3 is 10.2 Å². The average Bonchev–Trinajstić information content (AvgIpc) is 3.61. The fourth-order valence-corrected chi connectivity index (χ4v) is 4.97. The Balaban J connectivity index is 1.64. The molecular formula is C24H20N2O3S. The third kappa shape index (κ3) is 3.44. The van der Waals surface area contributed by atoms with Crippen LogP contribution in [0, 0.1) is 0 Å². The number of carbonyl (C=O) groups is 2. The zero-order valence-corrected chi connectivity index (χ0v) is 17.0. The molecule has 0 spiro atoms. The molecule has 2 amide bonds. The largest absolute Gasteiger partial charge is 0.349 e. The van der Waals surface area contributed by atoms with Crippen LogP contribution in [0.25, 0.3) is 0 Å². The summed E-state index contributed by atoms with van der Waals surface area (Å²) in [5, 5.41) is 2.98. The number of nitrogens with one attached hydrogen (secondary N) is 1. The number of carbonyl (C=O) groups excluding carboxylic acids is 2. The fraction of sp³-hybridized carbons (Fsp3) is 0.167. The third-order valence-electron chi connectivity index (χ3n) is 5.37. The standard InChI is InChI=1S/C24H20N2O3S/c27-23(25-18-11-12-18)17-10-13-22-20(14-17)26(15-16-6-2-1-3-7-16)24(28)19-8-4-5-9-21(19)30(22)29/h1-10,13-14,18H,11-12,15H2,(H,25,27)/t30-/m1/s1. The van der Waals surface area contributed by atoms with Gasteiger partial charge in [-0.3, -0.25) is 9.59 Å². The minimum atomic E-state index is -1.52. The van der Waals surface area contributed by atoms with Crippen molar-refractivity contribution < 1.29 is 13.8 Å². The Morgan fingerprint density at radius 3 is 2.47 bits per heavy atom. The highest BCUT2D eigenvalue weighted by molar-refractivity contribution is 7.85. The van der Waals surface area contributed by atoms with E-state index in [1.165, 1.54) is 0 Å². The van der Waals surface area contributed by atoms with Crippen LogP contribution in [0.15, 0.2) is 82.6 Å². The number of nitrogens with zero attached hydrogens (tertiary/aromatic N) is 1. The second-order valence-corrected chi connectivity index (χ2v) is 8.99. The number of amides is 2. The Labute approximate surface area is 177 Å². The van der Waals surface area contributed by atoms with Crippen molar-refractivity contribution in [3.05, 3.63) is 89.5 Å². The number of hydrogen-bond acceptors (Lipinski definition) is 3. The Hall–Kier alpha value is -3.25. The SMILES string of the molecule is O=C(NC1CC1)c1ccc2c(c1)N(Cc1ccccc1)C(=O)c1ccccc1[S@]2=O. The predicted molar refractivity (Wildman–Crippen MR) is 115 cm³/mol. The molecule has 1 fully saturated rings. The van der Waals surface area contributed by atoms with Gasteiger partial charge in [-0.2, -0.15) is 0 Å². The number of hydrogen-bond donors (Lipinski definition) is 1. The lowest BCUT2D eigenvalue weighted by molar-refractivity contribution is 0.0947. The predicted octanol–water partition coefficient (Wildman–Crippen LogP) is 3.91. The summed E-state index contributed by atoms with van der Waals surface area (Å²) in [6.07, 6.45) is 1.99. The molecule has 5 rings (SSSR count). The maximum atomic E-state index is 13.5. The summed E-state index contributed by atoms with van der Waals surface area (Å²) in [5.74, 6) is -0.388. The van der Waals surface area contributed by atoms with E-state index < -0.39 is 10.8 Å². The fourth-order valence-electron chi connectivity index (χ4n) is 3.62. The molecule has 150 valence electrons. The maximum absolute atomic E-state index is 13.5. The minimum Gasteiger partial charge on any atom is -0.349 e. The number of fused-ring (bicyclic) bond motifs is 2. The van der Waals surface area contributed by atoms with Gasteiger partial charge in [-0.1, -0.05) is 42.5 Å². The highest BCUT2D eigenvalue weighted by Gasteiger charge is 2.32. The molecule has 2 aliphatic rings. The highest BCUT2D eigenvalue weighted by atomic mass is 32.2. The Morgan fingerprint density at radius 2 is 1.70 bits per heavy atom. The lowest BCUT2D eigenvalue weighted by atomic mass is 10.1. The van der Waals surface area contributed by atoms with Crippen LogP contribution in [0.3, 0.4) is 0 Å². The topological polar surface area (TPSA) is 66.5 Å². The summed E-state index contributed by atoms with van der Waals surface area (Å²) in [6, 6.07) is 22.0. The van der Waals surface area contributed by atoms with E-state index in [0.717, 1.165) is 18.4 Å². The normalized spacial score (nSPS) is 17.7. The molecule has 0 unspecified atom stereocenters. The van der Waals surface area contributed by atoms with Crippen LogP contribution in [-0.4, -0.2) is 22.1 Å². The van der Waals surface area contributed by atoms with Crippen LogP contribution in [0.4, 0.5) is 5.69 Å². The molecule has 1 atom stereocenters. The number of rotatable bonds is 4. The van der Waals surface area contributed by atoms with Crippen molar-refractivity contribution >= 4 is 28.3 Å². The summed E-state index contributed by atoms with van der Waals surface area (Å²) in [6.45, 7) is 0.325. The third-order valence-corrected chi connectivity index (χ3v) is 6.87. The lowest BCUT2D eigenvalue weighted by Crippen LogP contribution is -2.31. The molecule has 5 nitrogen and oxygen atoms in total. The van der Waals surface area contributed by atoms with Crippen LogP contribution in [-0.2, 0) is 17.3 Å². The van der Waals surface area contributed by atoms with Crippen molar-refractivity contribution in [2.45, 2.75) is 35.2 Å². The van der Waals surface area contributed by atoms with E-state index in [1.54, 1.807) is 47.4 Å². The van der Waals surface area contributed by atoms with Crippen LogP contribution in [0.1, 0.15) is 39.1 Å². The van der Waals surface area contributed by atoms with Crippen molar-refractivity contribution in [1.29, 1.82) is 0 Å². The Bertz CT molecular complexity index is 1170. The first-order valence-electron chi connectivity index (χ1n) is 9.93. The van der Waals surface area contributed by atoms with E-state index in [-0.39, 0.29) is 17.9 Å². The molecule has 0 aromatic heterocycles. The van der Waals surface area contributed by atoms with E-state index in [9.17, 15) is 13.8 Å². The Morgan fingerprint density at radius 1 is 0.967 bits per heavy atom. The highest BCUT2D eigenvalue weighted by Crippen LogP contribution is 2.36. The van der Waals surface area contributed by atoms with Gasteiger partial charge in [0.15, 0.2) is 0 Å². The minimum absolute atomic E-state index is 0.167. The monoisotopic (exact) mass is 416 g/mol. The molecule has 1 saturated carbocycles. The number of anilines is 1. The molecule has 1 aliphatic carbocycles. The zero-order chi connectivity index (χ0) is 20.7. The lowest BCUT2D eigenvalue weighted by Gasteiger charge is -2.23. The second kappa shape index (κ2) is 7.54. The quantitative estimate of drug-likeness (QED) is 0.701. The first kappa shape index (κ1) is 18.8. The zero-order valence-electron chi connectivity index (χ0n) is 16.2. The molecule has 1 aliphatic heterocycles. The number of benzene rings is 3. The van der Waals surface area contributed by atoms with Crippen molar-refractivity contribution in [1.82, 2.24) is 5.32 Å². The van der Waals surface area contributed by atoms with Crippen LogP contribution < -0.4 is 10.2 Å². The smallest absolute Gasteiger partial charge is 0.259 e. The van der Waals surface area contributed by atoms with Gasteiger partial charge in [-0.15, -0.1) is 0 Å². The van der Waals surface area contributed by atoms with Gasteiger partial charge in [0.25, 0.3) is 11.8 Å². The molecule has 30 heavy (non-hydrogen) atoms. The van der Waals surface area contributed by atoms with Crippen molar-refractivity contribution in [3.8, 4) is 0 Å². The van der Waals surface area contributed by atoms with Crippen LogP contribution in [0.2, 0.25) is 0 Å². The van der Waals surface area contributed by atoms with E-state index in [1.807, 2.05) is 30.3 Å². The Kier molecular flexibility index (Phi) is 4.71. The summed E-state index contributed by atoms with van der Waals surface area (Å²) in [5.41, 5.74) is 2.36. The molecule has 3 aromatic carbocycles. The van der Waals surface area contributed by atoms with Gasteiger partial charge in [-0.05, 0) is 48.7 Å². The van der Waals surface area contributed by atoms with Gasteiger partial charge in [0.1, 0.15) is 0 Å². The molecule has 1 N–H and O–H groups in total. The van der Waals surface area contributed by atoms with E-state index >= 15 is 0 Å². The van der Waals surface area contributed by atoms with Gasteiger partial charge >= 0.3 is 0 Å². The van der Waals surface area contributed by atoms with Crippen molar-refractivity contribution in [3.63, 3.8) is 0 Å². The van der Waals surface area contributed by atoms with E-state index in [2.05, 4.69) is 5.32 Å². The molecule has 0 saturated heterocycles. The van der Waals surface area contributed by atoms with Gasteiger partial charge in [-0.25, -0.2) is 4.21 Å². The molecule has 0 radical (unpaired) electrons. The average molecular weight is 417 g/mol. The van der Waals surface area contributed by atoms with Crippen LogP contribution in [0.5, 0.6) is 0 Å². The summed E-state index contributed by atoms with van der Waals surface area (Å²) in [4.78, 5) is 28.8. The molecule has 0 bridgehead atoms. The first-order chi connectivity index (χ1) is 14.6. The molecule has 1 heterocycles. The van der Waals surface area contributed by atoms with Crippen molar-refractivity contribution in [2.75, 3.05) is 4.90 Å². The summed E-state index contributed by atoms with van der Waals surface area (Å²) in [7, 11) is -1.52. The maximum Gasteiger partial charge on any atom is 0.259 e. The summed E-state index contributed by atoms with van der Waals surface area (Å²) < 4.78 is 13.4. The van der Waals surface area contributed by atoms with Crippen LogP contribution >= 0.6 is 0 Å². The summed E-state index contributed by atoms with van der Waals surface area (Å²) >= 11 is 0. The van der Waals surface area contributed by atoms with E-state index in [0.29, 0.717) is 33.2 Å². The first-order valence-corrected chi connectivity index (χ1v) is 11.1. The van der Waals surface area contributed by atoms with Crippen molar-refractivity contribution in [2.24, 2.45) is 0 Å². The van der Waals surface area contributed by atoms with Gasteiger partial charge in [0, 0.05) is 11.6 Å². The molecule has 6 heteroatoms. The van der Waals surface area contributed by atoms with E-state index in [4.69, 9.17) is 0 Å². The molecule has 3 aromatic rings. The van der Waals surface area contributed by atoms with Gasteiger partial charge in [0.2, 0.25) is 0 Å². The molecular weight excluding hydrogens is 396 g/mol. The van der Waals surface area contributed by atoms with Gasteiger partial charge in [0.05, 0.1) is 38.4 Å².